The largest absolute Gasteiger partial charge is 0.399 e. The number of likely N-dealkylation sites (N-methyl/N-ethyl adjacent to an activating group) is 1. The minimum Gasteiger partial charge on any atom is -0.399 e. The molecule has 1 amide bonds. The summed E-state index contributed by atoms with van der Waals surface area (Å²) in [6, 6.07) is 5.40. The first-order valence-corrected chi connectivity index (χ1v) is 7.59. The Morgan fingerprint density at radius 3 is 2.50 bits per heavy atom. The van der Waals surface area contributed by atoms with Gasteiger partial charge in [-0.2, -0.15) is 0 Å². The lowest BCUT2D eigenvalue weighted by molar-refractivity contribution is 0.0924. The summed E-state index contributed by atoms with van der Waals surface area (Å²) in [4.78, 5) is 14.4. The van der Waals surface area contributed by atoms with Crippen LogP contribution < -0.4 is 11.1 Å². The predicted molar refractivity (Wildman–Crippen MR) is 87.8 cm³/mol. The van der Waals surface area contributed by atoms with Crippen LogP contribution >= 0.6 is 15.9 Å². The van der Waals surface area contributed by atoms with Crippen molar-refractivity contribution < 1.29 is 4.79 Å². The van der Waals surface area contributed by atoms with Gasteiger partial charge in [0.1, 0.15) is 0 Å². The third kappa shape index (κ3) is 5.92. The van der Waals surface area contributed by atoms with E-state index in [4.69, 9.17) is 5.73 Å². The Hall–Kier alpha value is -1.07. The molecule has 1 aromatic rings. The van der Waals surface area contributed by atoms with Crippen molar-refractivity contribution in [3.8, 4) is 0 Å². The lowest BCUT2D eigenvalue weighted by Crippen LogP contribution is -2.42. The summed E-state index contributed by atoms with van der Waals surface area (Å²) in [7, 11) is 4.02. The molecular formula is C15H24BrN3O. The normalized spacial score (nSPS) is 12.8. The second-order valence-electron chi connectivity index (χ2n) is 5.84. The molecule has 0 aliphatic carbocycles. The van der Waals surface area contributed by atoms with E-state index in [9.17, 15) is 4.79 Å². The van der Waals surface area contributed by atoms with Gasteiger partial charge in [-0.05, 0) is 44.6 Å². The first kappa shape index (κ1) is 17.0. The van der Waals surface area contributed by atoms with Gasteiger partial charge in [0.2, 0.25) is 0 Å². The van der Waals surface area contributed by atoms with Crippen molar-refractivity contribution in [1.29, 1.82) is 0 Å². The molecule has 1 aromatic carbocycles. The molecule has 0 heterocycles. The standard InChI is InChI=1S/C15H24BrN3O/c1-10(2)5-14(9-19(3)4)18-15(20)11-6-12(16)8-13(17)7-11/h6-8,10,14H,5,9,17H2,1-4H3,(H,18,20). The molecule has 5 heteroatoms. The fourth-order valence-corrected chi connectivity index (χ4v) is 2.71. The molecular weight excluding hydrogens is 318 g/mol. The number of hydrogen-bond acceptors (Lipinski definition) is 3. The van der Waals surface area contributed by atoms with Crippen LogP contribution in [0.4, 0.5) is 5.69 Å². The van der Waals surface area contributed by atoms with E-state index in [1.54, 1.807) is 18.2 Å². The summed E-state index contributed by atoms with van der Waals surface area (Å²) < 4.78 is 0.815. The zero-order valence-corrected chi connectivity index (χ0v) is 14.2. The van der Waals surface area contributed by atoms with Crippen LogP contribution in [0.25, 0.3) is 0 Å². The molecule has 1 unspecified atom stereocenters. The lowest BCUT2D eigenvalue weighted by atomic mass is 10.0. The van der Waals surface area contributed by atoms with Gasteiger partial charge in [0.15, 0.2) is 0 Å². The topological polar surface area (TPSA) is 58.4 Å². The van der Waals surface area contributed by atoms with Crippen LogP contribution in [0.1, 0.15) is 30.6 Å². The first-order valence-electron chi connectivity index (χ1n) is 6.79. The molecule has 0 aliphatic rings. The maximum Gasteiger partial charge on any atom is 0.251 e. The van der Waals surface area contributed by atoms with Gasteiger partial charge in [-0.25, -0.2) is 0 Å². The molecule has 112 valence electrons. The van der Waals surface area contributed by atoms with Crippen LogP contribution in [0.5, 0.6) is 0 Å². The van der Waals surface area contributed by atoms with Crippen molar-refractivity contribution in [2.24, 2.45) is 5.92 Å². The molecule has 0 aliphatic heterocycles. The number of amides is 1. The lowest BCUT2D eigenvalue weighted by Gasteiger charge is -2.24. The molecule has 0 saturated heterocycles. The van der Waals surface area contributed by atoms with Gasteiger partial charge in [0, 0.05) is 28.3 Å². The van der Waals surface area contributed by atoms with Crippen molar-refractivity contribution in [1.82, 2.24) is 10.2 Å². The fourth-order valence-electron chi connectivity index (χ4n) is 2.20. The van der Waals surface area contributed by atoms with Crippen molar-refractivity contribution in [2.75, 3.05) is 26.4 Å². The summed E-state index contributed by atoms with van der Waals surface area (Å²) in [6.07, 6.45) is 0.952. The fraction of sp³-hybridized carbons (Fsp3) is 0.533. The van der Waals surface area contributed by atoms with Crippen LogP contribution in [0.3, 0.4) is 0 Å². The summed E-state index contributed by atoms with van der Waals surface area (Å²) in [6.45, 7) is 5.14. The molecule has 0 saturated carbocycles. The molecule has 0 spiro atoms. The summed E-state index contributed by atoms with van der Waals surface area (Å²) in [5.74, 6) is 0.457. The van der Waals surface area contributed by atoms with E-state index in [2.05, 4.69) is 40.0 Å². The first-order chi connectivity index (χ1) is 9.27. The average molecular weight is 342 g/mol. The smallest absolute Gasteiger partial charge is 0.251 e. The molecule has 0 radical (unpaired) electrons. The number of anilines is 1. The zero-order valence-electron chi connectivity index (χ0n) is 12.6. The highest BCUT2D eigenvalue weighted by atomic mass is 79.9. The number of halogens is 1. The third-order valence-corrected chi connectivity index (χ3v) is 3.32. The van der Waals surface area contributed by atoms with E-state index in [0.29, 0.717) is 17.2 Å². The number of nitrogens with zero attached hydrogens (tertiary/aromatic N) is 1. The van der Waals surface area contributed by atoms with Gasteiger partial charge in [-0.15, -0.1) is 0 Å². The predicted octanol–water partition coefficient (Wildman–Crippen LogP) is 2.74. The number of carbonyl (C=O) groups excluding carboxylic acids is 1. The molecule has 0 bridgehead atoms. The van der Waals surface area contributed by atoms with E-state index in [0.717, 1.165) is 17.4 Å². The van der Waals surface area contributed by atoms with Crippen molar-refractivity contribution in [3.05, 3.63) is 28.2 Å². The highest BCUT2D eigenvalue weighted by Crippen LogP contribution is 2.17. The molecule has 1 atom stereocenters. The van der Waals surface area contributed by atoms with Gasteiger partial charge in [-0.1, -0.05) is 29.8 Å². The monoisotopic (exact) mass is 341 g/mol. The second kappa shape index (κ2) is 7.64. The Kier molecular flexibility index (Phi) is 6.49. The van der Waals surface area contributed by atoms with Gasteiger partial charge in [-0.3, -0.25) is 4.79 Å². The van der Waals surface area contributed by atoms with Gasteiger partial charge >= 0.3 is 0 Å². The molecule has 4 nitrogen and oxygen atoms in total. The Bertz CT molecular complexity index is 430. The average Bonchev–Trinajstić information content (AvgIpc) is 2.25. The summed E-state index contributed by atoms with van der Waals surface area (Å²) in [5, 5.41) is 3.09. The van der Waals surface area contributed by atoms with Gasteiger partial charge in [0.05, 0.1) is 0 Å². The Morgan fingerprint density at radius 2 is 2.00 bits per heavy atom. The Balaban J connectivity index is 2.78. The number of nitrogens with two attached hydrogens (primary N) is 1. The number of nitrogens with one attached hydrogen (secondary N) is 1. The highest BCUT2D eigenvalue weighted by Gasteiger charge is 2.16. The van der Waals surface area contributed by atoms with Gasteiger partial charge in [0.25, 0.3) is 5.91 Å². The minimum atomic E-state index is -0.0782. The van der Waals surface area contributed by atoms with E-state index in [1.807, 2.05) is 14.1 Å². The molecule has 3 N–H and O–H groups in total. The van der Waals surface area contributed by atoms with Crippen molar-refractivity contribution in [2.45, 2.75) is 26.3 Å². The molecule has 0 aromatic heterocycles. The van der Waals surface area contributed by atoms with E-state index < -0.39 is 0 Å². The van der Waals surface area contributed by atoms with Crippen LogP contribution in [-0.2, 0) is 0 Å². The summed E-state index contributed by atoms with van der Waals surface area (Å²) >= 11 is 3.36. The van der Waals surface area contributed by atoms with Gasteiger partial charge < -0.3 is 16.0 Å². The highest BCUT2D eigenvalue weighted by molar-refractivity contribution is 9.10. The molecule has 0 fully saturated rings. The SMILES string of the molecule is CC(C)CC(CN(C)C)NC(=O)c1cc(N)cc(Br)c1. The van der Waals surface area contributed by atoms with Crippen LogP contribution in [0, 0.1) is 5.92 Å². The molecule has 20 heavy (non-hydrogen) atoms. The number of hydrogen-bond donors (Lipinski definition) is 2. The molecule has 1 rings (SSSR count). The number of benzene rings is 1. The minimum absolute atomic E-state index is 0.0782. The Morgan fingerprint density at radius 1 is 1.35 bits per heavy atom. The quantitative estimate of drug-likeness (QED) is 0.782. The van der Waals surface area contributed by atoms with Crippen LogP contribution in [0.2, 0.25) is 0 Å². The van der Waals surface area contributed by atoms with Crippen LogP contribution in [0.15, 0.2) is 22.7 Å². The summed E-state index contributed by atoms with van der Waals surface area (Å²) in [5.41, 5.74) is 6.94. The second-order valence-corrected chi connectivity index (χ2v) is 6.75. The number of carbonyl (C=O) groups is 1. The number of rotatable bonds is 6. The van der Waals surface area contributed by atoms with Crippen molar-refractivity contribution in [3.63, 3.8) is 0 Å². The maximum atomic E-state index is 12.3. The van der Waals surface area contributed by atoms with Crippen molar-refractivity contribution >= 4 is 27.5 Å². The van der Waals surface area contributed by atoms with E-state index in [1.165, 1.54) is 0 Å². The number of nitrogen functional groups attached to an aromatic ring is 1. The van der Waals surface area contributed by atoms with E-state index in [-0.39, 0.29) is 11.9 Å². The Labute approximate surface area is 129 Å². The zero-order chi connectivity index (χ0) is 15.3. The maximum absolute atomic E-state index is 12.3. The van der Waals surface area contributed by atoms with E-state index >= 15 is 0 Å². The third-order valence-electron chi connectivity index (χ3n) is 2.86. The van der Waals surface area contributed by atoms with Crippen LogP contribution in [-0.4, -0.2) is 37.5 Å².